The first kappa shape index (κ1) is 20.4. The summed E-state index contributed by atoms with van der Waals surface area (Å²) in [4.78, 5) is 13.0. The van der Waals surface area contributed by atoms with Gasteiger partial charge in [0.25, 0.3) is 0 Å². The Morgan fingerprint density at radius 2 is 1.97 bits per heavy atom. The van der Waals surface area contributed by atoms with Crippen LogP contribution in [0.1, 0.15) is 43.3 Å². The molecule has 2 aliphatic carbocycles. The smallest absolute Gasteiger partial charge is 0.335 e. The fraction of sp³-hybridized carbons (Fsp3) is 0.296. The van der Waals surface area contributed by atoms with Crippen molar-refractivity contribution in [2.24, 2.45) is 5.92 Å². The topological polar surface area (TPSA) is 57.9 Å². The first-order chi connectivity index (χ1) is 15.5. The summed E-state index contributed by atoms with van der Waals surface area (Å²) in [6.45, 7) is 10.7. The van der Waals surface area contributed by atoms with Crippen LogP contribution in [-0.2, 0) is 9.53 Å². The number of fused-ring (bicyclic) bond motifs is 2. The fourth-order valence-corrected chi connectivity index (χ4v) is 4.96. The van der Waals surface area contributed by atoms with Crippen molar-refractivity contribution in [3.05, 3.63) is 87.9 Å². The van der Waals surface area contributed by atoms with Crippen molar-refractivity contribution in [2.75, 3.05) is 13.4 Å². The molecule has 0 radical (unpaired) electrons. The zero-order chi connectivity index (χ0) is 22.4. The van der Waals surface area contributed by atoms with Gasteiger partial charge in [-0.15, -0.1) is 0 Å². The van der Waals surface area contributed by atoms with Gasteiger partial charge in [0.2, 0.25) is 6.79 Å². The van der Waals surface area contributed by atoms with Gasteiger partial charge in [0.05, 0.1) is 18.1 Å². The molecular formula is C27H26O5. The van der Waals surface area contributed by atoms with Crippen molar-refractivity contribution in [2.45, 2.75) is 33.1 Å². The maximum Gasteiger partial charge on any atom is 0.335 e. The van der Waals surface area contributed by atoms with Crippen LogP contribution >= 0.6 is 0 Å². The SMILES string of the molecule is C=C1C(=Cc2ccc3c(c2)OCO3)CC2=CC(C)=C(C(=O)OCC)C(c3ccc(C)o3)C12. The van der Waals surface area contributed by atoms with Crippen molar-refractivity contribution in [3.63, 3.8) is 0 Å². The molecule has 0 N–H and O–H groups in total. The molecule has 2 atom stereocenters. The van der Waals surface area contributed by atoms with E-state index in [4.69, 9.17) is 18.6 Å². The Morgan fingerprint density at radius 1 is 1.16 bits per heavy atom. The van der Waals surface area contributed by atoms with Crippen LogP contribution in [0, 0.1) is 12.8 Å². The monoisotopic (exact) mass is 430 g/mol. The molecule has 1 saturated carbocycles. The van der Waals surface area contributed by atoms with Crippen LogP contribution in [0.4, 0.5) is 0 Å². The second-order valence-corrected chi connectivity index (χ2v) is 8.42. The second kappa shape index (κ2) is 7.90. The zero-order valence-corrected chi connectivity index (χ0v) is 18.6. The van der Waals surface area contributed by atoms with E-state index in [0.717, 1.165) is 51.7 Å². The molecule has 5 heteroatoms. The van der Waals surface area contributed by atoms with Crippen LogP contribution in [0.15, 0.2) is 75.3 Å². The highest BCUT2D eigenvalue weighted by molar-refractivity contribution is 5.93. The predicted molar refractivity (Wildman–Crippen MR) is 121 cm³/mol. The van der Waals surface area contributed by atoms with Gasteiger partial charge < -0.3 is 18.6 Å². The van der Waals surface area contributed by atoms with Crippen LogP contribution in [0.2, 0.25) is 0 Å². The van der Waals surface area contributed by atoms with E-state index >= 15 is 0 Å². The van der Waals surface area contributed by atoms with Gasteiger partial charge in [-0.05, 0) is 73.7 Å². The minimum Gasteiger partial charge on any atom is -0.466 e. The maximum atomic E-state index is 13.0. The number of rotatable bonds is 4. The molecule has 1 aromatic heterocycles. The number of esters is 1. The third-order valence-electron chi connectivity index (χ3n) is 6.35. The molecule has 32 heavy (non-hydrogen) atoms. The van der Waals surface area contributed by atoms with Gasteiger partial charge in [0, 0.05) is 5.92 Å². The minimum absolute atomic E-state index is 0.0380. The van der Waals surface area contributed by atoms with E-state index in [1.54, 1.807) is 0 Å². The summed E-state index contributed by atoms with van der Waals surface area (Å²) < 4.78 is 22.4. The molecule has 0 amide bonds. The Labute approximate surface area is 187 Å². The number of ether oxygens (including phenoxy) is 3. The van der Waals surface area contributed by atoms with Gasteiger partial charge in [-0.2, -0.15) is 0 Å². The highest BCUT2D eigenvalue weighted by Gasteiger charge is 2.44. The zero-order valence-electron chi connectivity index (χ0n) is 18.6. The Hall–Kier alpha value is -3.47. The summed E-state index contributed by atoms with van der Waals surface area (Å²) in [6.07, 6.45) is 5.05. The van der Waals surface area contributed by atoms with E-state index in [0.29, 0.717) is 12.2 Å². The standard InChI is InChI=1S/C27H26O5/c1-5-29-27(28)24-15(2)10-20-13-19(11-18-7-9-21-23(12-18)31-14-30-21)17(4)25(20)26(24)22-8-6-16(3)32-22/h6-12,25-26H,4-5,13-14H2,1-3H3. The molecule has 0 spiro atoms. The van der Waals surface area contributed by atoms with Crippen molar-refractivity contribution < 1.29 is 23.4 Å². The van der Waals surface area contributed by atoms with Gasteiger partial charge >= 0.3 is 5.97 Å². The molecule has 0 bridgehead atoms. The number of hydrogen-bond donors (Lipinski definition) is 0. The number of carbonyl (C=O) groups is 1. The summed E-state index contributed by atoms with van der Waals surface area (Å²) in [5.41, 5.74) is 6.00. The molecule has 2 aromatic rings. The Morgan fingerprint density at radius 3 is 2.72 bits per heavy atom. The first-order valence-corrected chi connectivity index (χ1v) is 10.9. The Kier molecular flexibility index (Phi) is 5.04. The van der Waals surface area contributed by atoms with E-state index < -0.39 is 0 Å². The predicted octanol–water partition coefficient (Wildman–Crippen LogP) is 5.88. The number of aryl methyl sites for hydroxylation is 1. The number of benzene rings is 1. The molecule has 1 aromatic carbocycles. The van der Waals surface area contributed by atoms with Crippen molar-refractivity contribution in [1.82, 2.24) is 0 Å². The second-order valence-electron chi connectivity index (χ2n) is 8.42. The molecule has 1 aliphatic heterocycles. The van der Waals surface area contributed by atoms with Crippen molar-refractivity contribution in [1.29, 1.82) is 0 Å². The van der Waals surface area contributed by atoms with E-state index in [1.165, 1.54) is 5.57 Å². The largest absolute Gasteiger partial charge is 0.466 e. The highest BCUT2D eigenvalue weighted by atomic mass is 16.7. The number of allylic oxidation sites excluding steroid dienone is 5. The lowest BCUT2D eigenvalue weighted by molar-refractivity contribution is -0.139. The van der Waals surface area contributed by atoms with Crippen molar-refractivity contribution in [3.8, 4) is 11.5 Å². The number of hydrogen-bond acceptors (Lipinski definition) is 5. The van der Waals surface area contributed by atoms with Crippen molar-refractivity contribution >= 4 is 12.0 Å². The highest BCUT2D eigenvalue weighted by Crippen LogP contribution is 2.54. The summed E-state index contributed by atoms with van der Waals surface area (Å²) in [7, 11) is 0. The lowest BCUT2D eigenvalue weighted by Gasteiger charge is -2.30. The van der Waals surface area contributed by atoms with E-state index in [9.17, 15) is 4.79 Å². The summed E-state index contributed by atoms with van der Waals surface area (Å²) in [6, 6.07) is 9.83. The van der Waals surface area contributed by atoms with Gasteiger partial charge in [0.15, 0.2) is 11.5 Å². The average Bonchev–Trinajstić information content (AvgIpc) is 3.47. The van der Waals surface area contributed by atoms with E-state index in [-0.39, 0.29) is 24.6 Å². The van der Waals surface area contributed by atoms with Crippen LogP contribution in [0.3, 0.4) is 0 Å². The third-order valence-corrected chi connectivity index (χ3v) is 6.35. The van der Waals surface area contributed by atoms with Crippen LogP contribution < -0.4 is 9.47 Å². The third kappa shape index (κ3) is 3.38. The molecule has 2 unspecified atom stereocenters. The molecule has 0 saturated heterocycles. The first-order valence-electron chi connectivity index (χ1n) is 10.9. The summed E-state index contributed by atoms with van der Waals surface area (Å²) in [5, 5.41) is 0. The number of carbonyl (C=O) groups excluding carboxylic acids is 1. The summed E-state index contributed by atoms with van der Waals surface area (Å²) in [5.74, 6) is 2.52. The van der Waals surface area contributed by atoms with Gasteiger partial charge in [-0.1, -0.05) is 30.4 Å². The lowest BCUT2D eigenvalue weighted by atomic mass is 9.73. The lowest BCUT2D eigenvalue weighted by Crippen LogP contribution is -2.25. The normalized spacial score (nSPS) is 22.9. The Bertz CT molecular complexity index is 1210. The quantitative estimate of drug-likeness (QED) is 0.567. The molecule has 5 rings (SSSR count). The van der Waals surface area contributed by atoms with Gasteiger partial charge in [0.1, 0.15) is 11.5 Å². The maximum absolute atomic E-state index is 13.0. The average molecular weight is 431 g/mol. The summed E-state index contributed by atoms with van der Waals surface area (Å²) >= 11 is 0. The fourth-order valence-electron chi connectivity index (χ4n) is 4.96. The van der Waals surface area contributed by atoms with E-state index in [1.807, 2.05) is 51.1 Å². The van der Waals surface area contributed by atoms with E-state index in [2.05, 4.69) is 18.7 Å². The number of furan rings is 1. The van der Waals surface area contributed by atoms with Crippen LogP contribution in [0.25, 0.3) is 6.08 Å². The van der Waals surface area contributed by atoms with Gasteiger partial charge in [-0.3, -0.25) is 0 Å². The molecule has 3 aliphatic rings. The molecule has 164 valence electrons. The molecule has 1 fully saturated rings. The molecule has 2 heterocycles. The molecule has 5 nitrogen and oxygen atoms in total. The van der Waals surface area contributed by atoms with Crippen LogP contribution in [-0.4, -0.2) is 19.4 Å². The Balaban J connectivity index is 1.55. The minimum atomic E-state index is -0.291. The van der Waals surface area contributed by atoms with Gasteiger partial charge in [-0.25, -0.2) is 4.79 Å². The molecular weight excluding hydrogens is 404 g/mol. The van der Waals surface area contributed by atoms with Crippen LogP contribution in [0.5, 0.6) is 11.5 Å².